The third-order valence-electron chi connectivity index (χ3n) is 6.60. The molecule has 3 heterocycles. The number of nitrogens with zero attached hydrogens (tertiary/aromatic N) is 3. The van der Waals surface area contributed by atoms with Crippen molar-refractivity contribution in [3.63, 3.8) is 0 Å². The predicted molar refractivity (Wildman–Crippen MR) is 139 cm³/mol. The first-order valence-electron chi connectivity index (χ1n) is 11.5. The summed E-state index contributed by atoms with van der Waals surface area (Å²) >= 11 is 5.75. The van der Waals surface area contributed by atoms with Gasteiger partial charge in [0.05, 0.1) is 23.5 Å². The molecule has 1 saturated heterocycles. The molecule has 2 aromatic carbocycles. The summed E-state index contributed by atoms with van der Waals surface area (Å²) in [6.45, 7) is 6.38. The molecule has 2 aromatic heterocycles. The molecule has 0 amide bonds. The molecule has 1 aliphatic rings. The number of halogens is 1. The second-order valence-corrected chi connectivity index (χ2v) is 9.02. The van der Waals surface area contributed by atoms with E-state index < -0.39 is 0 Å². The molecule has 1 fully saturated rings. The van der Waals surface area contributed by atoms with Gasteiger partial charge < -0.3 is 14.8 Å². The summed E-state index contributed by atoms with van der Waals surface area (Å²) in [5, 5.41) is 3.91. The Hall–Kier alpha value is -3.51. The number of nitrogens with one attached hydrogen (secondary N) is 1. The minimum atomic E-state index is -0.303. The van der Waals surface area contributed by atoms with Crippen molar-refractivity contribution in [3.8, 4) is 5.69 Å². The first kappa shape index (κ1) is 22.3. The minimum absolute atomic E-state index is 0.218. The van der Waals surface area contributed by atoms with Gasteiger partial charge in [0.15, 0.2) is 5.11 Å². The smallest absolute Gasteiger partial charge is 0.174 e. The Kier molecular flexibility index (Phi) is 5.92. The van der Waals surface area contributed by atoms with Crippen LogP contribution in [-0.2, 0) is 6.42 Å². The van der Waals surface area contributed by atoms with Crippen molar-refractivity contribution in [2.45, 2.75) is 39.3 Å². The number of para-hydroxylation sites is 1. The lowest BCUT2D eigenvalue weighted by Gasteiger charge is -2.28. The van der Waals surface area contributed by atoms with Crippen molar-refractivity contribution in [1.29, 1.82) is 0 Å². The maximum atomic E-state index is 15.0. The molecule has 6 heteroatoms. The Bertz CT molecular complexity index is 1330. The van der Waals surface area contributed by atoms with Crippen LogP contribution in [0.25, 0.3) is 5.69 Å². The number of anilines is 1. The van der Waals surface area contributed by atoms with Gasteiger partial charge in [0.2, 0.25) is 0 Å². The van der Waals surface area contributed by atoms with Crippen LogP contribution in [0.5, 0.6) is 0 Å². The van der Waals surface area contributed by atoms with Crippen LogP contribution in [0.4, 0.5) is 10.1 Å². The van der Waals surface area contributed by atoms with Crippen LogP contribution >= 0.6 is 12.2 Å². The van der Waals surface area contributed by atoms with Gasteiger partial charge in [0.1, 0.15) is 5.82 Å². The van der Waals surface area contributed by atoms with E-state index in [1.54, 1.807) is 18.3 Å². The fraction of sp³-hybridized carbons (Fsp3) is 0.214. The molecule has 0 spiro atoms. The molecule has 172 valence electrons. The maximum Gasteiger partial charge on any atom is 0.174 e. The Morgan fingerprint density at radius 2 is 1.74 bits per heavy atom. The molecule has 0 saturated carbocycles. The van der Waals surface area contributed by atoms with Crippen molar-refractivity contribution < 1.29 is 4.39 Å². The SMILES string of the molecule is CCc1ccc(-n2c(C)cc([C@H]3[C@H](c4ccccn4)NC(=S)N3c3ccccc3F)c2C)cc1. The summed E-state index contributed by atoms with van der Waals surface area (Å²) in [6, 6.07) is 23.0. The molecule has 5 rings (SSSR count). The van der Waals surface area contributed by atoms with Gasteiger partial charge in [-0.15, -0.1) is 0 Å². The largest absolute Gasteiger partial charge is 0.351 e. The van der Waals surface area contributed by atoms with Crippen molar-refractivity contribution in [2.75, 3.05) is 4.90 Å². The van der Waals surface area contributed by atoms with Gasteiger partial charge in [0.25, 0.3) is 0 Å². The highest BCUT2D eigenvalue weighted by Crippen LogP contribution is 2.44. The monoisotopic (exact) mass is 470 g/mol. The topological polar surface area (TPSA) is 33.1 Å². The fourth-order valence-electron chi connectivity index (χ4n) is 4.94. The van der Waals surface area contributed by atoms with Crippen molar-refractivity contribution >= 4 is 23.0 Å². The lowest BCUT2D eigenvalue weighted by molar-refractivity contribution is 0.556. The summed E-state index contributed by atoms with van der Waals surface area (Å²) in [6.07, 6.45) is 2.78. The van der Waals surface area contributed by atoms with Gasteiger partial charge in [0, 0.05) is 23.3 Å². The summed E-state index contributed by atoms with van der Waals surface area (Å²) in [7, 11) is 0. The molecule has 4 nitrogen and oxygen atoms in total. The molecule has 0 unspecified atom stereocenters. The third-order valence-corrected chi connectivity index (χ3v) is 6.92. The van der Waals surface area contributed by atoms with E-state index in [1.165, 1.54) is 11.6 Å². The lowest BCUT2D eigenvalue weighted by atomic mass is 9.96. The van der Waals surface area contributed by atoms with Crippen molar-refractivity contribution in [3.05, 3.63) is 113 Å². The number of thiocarbonyl (C=S) groups is 1. The van der Waals surface area contributed by atoms with E-state index >= 15 is 4.39 Å². The van der Waals surface area contributed by atoms with Crippen LogP contribution in [0.1, 0.15) is 47.2 Å². The zero-order valence-electron chi connectivity index (χ0n) is 19.5. The average molecular weight is 471 g/mol. The average Bonchev–Trinajstić information content (AvgIpc) is 3.35. The predicted octanol–water partition coefficient (Wildman–Crippen LogP) is 6.37. The van der Waals surface area contributed by atoms with Gasteiger partial charge in [-0.25, -0.2) is 4.39 Å². The molecule has 2 atom stereocenters. The summed E-state index contributed by atoms with van der Waals surface area (Å²) in [5.41, 5.74) is 7.04. The van der Waals surface area contributed by atoms with Crippen LogP contribution < -0.4 is 10.2 Å². The molecule has 1 aliphatic heterocycles. The number of pyridine rings is 1. The van der Waals surface area contributed by atoms with Gasteiger partial charge in [-0.2, -0.15) is 0 Å². The zero-order chi connectivity index (χ0) is 23.8. The first-order valence-corrected chi connectivity index (χ1v) is 11.9. The van der Waals surface area contributed by atoms with Crippen LogP contribution in [0.3, 0.4) is 0 Å². The second kappa shape index (κ2) is 9.03. The summed E-state index contributed by atoms with van der Waals surface area (Å²) in [4.78, 5) is 6.51. The second-order valence-electron chi connectivity index (χ2n) is 8.63. The molecule has 0 aliphatic carbocycles. The molecular formula is C28H27FN4S. The number of benzene rings is 2. The van der Waals surface area contributed by atoms with E-state index in [0.717, 1.165) is 34.8 Å². The highest BCUT2D eigenvalue weighted by atomic mass is 32.1. The van der Waals surface area contributed by atoms with E-state index in [2.05, 4.69) is 66.0 Å². The van der Waals surface area contributed by atoms with Crippen molar-refractivity contribution in [2.24, 2.45) is 0 Å². The van der Waals surface area contributed by atoms with E-state index in [0.29, 0.717) is 10.8 Å². The molecule has 1 N–H and O–H groups in total. The lowest BCUT2D eigenvalue weighted by Crippen LogP contribution is -2.30. The Morgan fingerprint density at radius 3 is 2.41 bits per heavy atom. The Morgan fingerprint density at radius 1 is 1.00 bits per heavy atom. The quantitative estimate of drug-likeness (QED) is 0.344. The molecule has 4 aromatic rings. The van der Waals surface area contributed by atoms with E-state index in [-0.39, 0.29) is 17.9 Å². The molecule has 34 heavy (non-hydrogen) atoms. The highest BCUT2D eigenvalue weighted by molar-refractivity contribution is 7.80. The van der Waals surface area contributed by atoms with Gasteiger partial charge >= 0.3 is 0 Å². The number of hydrogen-bond acceptors (Lipinski definition) is 2. The van der Waals surface area contributed by atoms with Gasteiger partial charge in [-0.05, 0) is 86.1 Å². The fourth-order valence-corrected chi connectivity index (χ4v) is 5.28. The van der Waals surface area contributed by atoms with E-state index in [9.17, 15) is 0 Å². The first-order chi connectivity index (χ1) is 16.5. The van der Waals surface area contributed by atoms with Crippen molar-refractivity contribution in [1.82, 2.24) is 14.9 Å². The third kappa shape index (κ3) is 3.78. The highest BCUT2D eigenvalue weighted by Gasteiger charge is 2.43. The Balaban J connectivity index is 1.67. The zero-order valence-corrected chi connectivity index (χ0v) is 20.3. The summed E-state index contributed by atoms with van der Waals surface area (Å²) in [5.74, 6) is -0.303. The number of rotatable bonds is 5. The normalized spacial score (nSPS) is 17.8. The van der Waals surface area contributed by atoms with Crippen LogP contribution in [-0.4, -0.2) is 14.7 Å². The molecule has 0 bridgehead atoms. The standard InChI is InChI=1S/C28H27FN4S/c1-4-20-12-14-21(15-13-20)32-18(2)17-22(19(32)3)27-26(24-10-7-8-16-30-24)31-28(34)33(27)25-11-6-5-9-23(25)29/h5-17,26-27H,4H2,1-3H3,(H,31,34)/t26-,27-/m0/s1. The van der Waals surface area contributed by atoms with E-state index in [4.69, 9.17) is 12.2 Å². The van der Waals surface area contributed by atoms with Gasteiger partial charge in [-0.3, -0.25) is 4.98 Å². The number of hydrogen-bond donors (Lipinski definition) is 1. The van der Waals surface area contributed by atoms with Crippen LogP contribution in [0, 0.1) is 19.7 Å². The number of aromatic nitrogens is 2. The number of aryl methyl sites for hydroxylation is 2. The Labute approximate surface area is 205 Å². The minimum Gasteiger partial charge on any atom is -0.351 e. The van der Waals surface area contributed by atoms with Crippen LogP contribution in [0.2, 0.25) is 0 Å². The molecule has 0 radical (unpaired) electrons. The molecular weight excluding hydrogens is 443 g/mol. The summed E-state index contributed by atoms with van der Waals surface area (Å²) < 4.78 is 17.3. The van der Waals surface area contributed by atoms with E-state index in [1.807, 2.05) is 29.2 Å². The van der Waals surface area contributed by atoms with Gasteiger partial charge in [-0.1, -0.05) is 37.3 Å². The maximum absolute atomic E-state index is 15.0. The van der Waals surface area contributed by atoms with Crippen LogP contribution in [0.15, 0.2) is 79.0 Å².